The van der Waals surface area contributed by atoms with Crippen molar-refractivity contribution in [2.75, 3.05) is 5.32 Å². The van der Waals surface area contributed by atoms with E-state index < -0.39 is 0 Å². The molecule has 0 aliphatic carbocycles. The molecule has 4 aromatic rings. The summed E-state index contributed by atoms with van der Waals surface area (Å²) in [7, 11) is 0. The number of hydrogen-bond donors (Lipinski definition) is 1. The Bertz CT molecular complexity index is 1080. The lowest BCUT2D eigenvalue weighted by Gasteiger charge is -2.02. The highest BCUT2D eigenvalue weighted by Crippen LogP contribution is 2.27. The van der Waals surface area contributed by atoms with Gasteiger partial charge in [0.25, 0.3) is 0 Å². The second-order valence-electron chi connectivity index (χ2n) is 6.12. The van der Waals surface area contributed by atoms with Crippen LogP contribution < -0.4 is 5.32 Å². The summed E-state index contributed by atoms with van der Waals surface area (Å²) in [6.45, 7) is 4.07. The van der Waals surface area contributed by atoms with Gasteiger partial charge >= 0.3 is 0 Å². The number of aryl methyl sites for hydroxylation is 2. The zero-order valence-electron chi connectivity index (χ0n) is 14.4. The monoisotopic (exact) mass is 363 g/mol. The summed E-state index contributed by atoms with van der Waals surface area (Å²) in [6.07, 6.45) is 3.63. The molecule has 130 valence electrons. The highest BCUT2D eigenvalue weighted by atomic mass is 32.1. The standard InChI is InChI=1S/C20H17N3O2S/c1-12-6-7-15-14(10-25-19(15)13(12)2)9-18(24)23-20-22-17(11-26-20)16-5-3-4-8-21-16/h3-8,10-11H,9H2,1-2H3,(H,22,23,24). The summed E-state index contributed by atoms with van der Waals surface area (Å²) in [6, 6.07) is 9.72. The van der Waals surface area contributed by atoms with Gasteiger partial charge in [0.2, 0.25) is 5.91 Å². The molecule has 1 N–H and O–H groups in total. The van der Waals surface area contributed by atoms with Crippen LogP contribution in [0.2, 0.25) is 0 Å². The van der Waals surface area contributed by atoms with E-state index in [1.165, 1.54) is 16.9 Å². The highest BCUT2D eigenvalue weighted by Gasteiger charge is 2.14. The first-order valence-corrected chi connectivity index (χ1v) is 9.13. The van der Waals surface area contributed by atoms with E-state index in [2.05, 4.69) is 21.4 Å². The van der Waals surface area contributed by atoms with E-state index in [1.54, 1.807) is 12.5 Å². The van der Waals surface area contributed by atoms with E-state index in [1.807, 2.05) is 43.5 Å². The average molecular weight is 363 g/mol. The van der Waals surface area contributed by atoms with Crippen molar-refractivity contribution in [3.63, 3.8) is 0 Å². The van der Waals surface area contributed by atoms with Crippen LogP contribution in [0.4, 0.5) is 5.13 Å². The number of furan rings is 1. The number of carbonyl (C=O) groups is 1. The number of rotatable bonds is 4. The van der Waals surface area contributed by atoms with Gasteiger partial charge in [-0.3, -0.25) is 9.78 Å². The van der Waals surface area contributed by atoms with Gasteiger partial charge in [0.1, 0.15) is 11.3 Å². The molecule has 6 heteroatoms. The van der Waals surface area contributed by atoms with E-state index in [0.29, 0.717) is 5.13 Å². The van der Waals surface area contributed by atoms with Crippen molar-refractivity contribution < 1.29 is 9.21 Å². The van der Waals surface area contributed by atoms with Gasteiger partial charge in [-0.05, 0) is 37.1 Å². The van der Waals surface area contributed by atoms with Crippen molar-refractivity contribution in [1.29, 1.82) is 0 Å². The summed E-state index contributed by atoms with van der Waals surface area (Å²) in [5, 5.41) is 6.29. The Morgan fingerprint density at radius 3 is 2.88 bits per heavy atom. The number of nitrogens with one attached hydrogen (secondary N) is 1. The van der Waals surface area contributed by atoms with E-state index in [4.69, 9.17) is 4.42 Å². The van der Waals surface area contributed by atoms with Crippen molar-refractivity contribution >= 4 is 33.3 Å². The number of pyridine rings is 1. The molecule has 26 heavy (non-hydrogen) atoms. The number of anilines is 1. The Kier molecular flexibility index (Phi) is 4.26. The normalized spacial score (nSPS) is 11.0. The lowest BCUT2D eigenvalue weighted by atomic mass is 10.0. The van der Waals surface area contributed by atoms with Crippen LogP contribution in [-0.2, 0) is 11.2 Å². The predicted molar refractivity (Wildman–Crippen MR) is 103 cm³/mol. The number of benzene rings is 1. The molecule has 3 heterocycles. The van der Waals surface area contributed by atoms with Crippen LogP contribution in [0.3, 0.4) is 0 Å². The van der Waals surface area contributed by atoms with Crippen LogP contribution in [0.15, 0.2) is 52.6 Å². The van der Waals surface area contributed by atoms with Gasteiger partial charge in [0, 0.05) is 22.5 Å². The lowest BCUT2D eigenvalue weighted by molar-refractivity contribution is -0.115. The van der Waals surface area contributed by atoms with Gasteiger partial charge < -0.3 is 9.73 Å². The summed E-state index contributed by atoms with van der Waals surface area (Å²) in [4.78, 5) is 21.1. The molecule has 0 spiro atoms. The lowest BCUT2D eigenvalue weighted by Crippen LogP contribution is -2.14. The maximum absolute atomic E-state index is 12.4. The molecule has 0 aliphatic heterocycles. The average Bonchev–Trinajstić information content (AvgIpc) is 3.27. The molecule has 0 aliphatic rings. The fourth-order valence-electron chi connectivity index (χ4n) is 2.82. The van der Waals surface area contributed by atoms with Crippen LogP contribution in [0.1, 0.15) is 16.7 Å². The third-order valence-electron chi connectivity index (χ3n) is 4.37. The van der Waals surface area contributed by atoms with Gasteiger partial charge in [0.05, 0.1) is 18.4 Å². The summed E-state index contributed by atoms with van der Waals surface area (Å²) >= 11 is 1.39. The number of nitrogens with zero attached hydrogens (tertiary/aromatic N) is 2. The molecule has 1 aromatic carbocycles. The minimum absolute atomic E-state index is 0.118. The minimum Gasteiger partial charge on any atom is -0.464 e. The number of hydrogen-bond acceptors (Lipinski definition) is 5. The van der Waals surface area contributed by atoms with E-state index >= 15 is 0 Å². The number of aromatic nitrogens is 2. The number of carbonyl (C=O) groups excluding carboxylic acids is 1. The summed E-state index contributed by atoms with van der Waals surface area (Å²) < 4.78 is 5.67. The first kappa shape index (κ1) is 16.5. The quantitative estimate of drug-likeness (QED) is 0.568. The summed E-state index contributed by atoms with van der Waals surface area (Å²) in [5.41, 5.74) is 5.55. The number of amides is 1. The first-order chi connectivity index (χ1) is 12.6. The SMILES string of the molecule is Cc1ccc2c(CC(=O)Nc3nc(-c4ccccn4)cs3)coc2c1C. The molecular weight excluding hydrogens is 346 g/mol. The zero-order chi connectivity index (χ0) is 18.1. The van der Waals surface area contributed by atoms with Gasteiger partial charge in [-0.15, -0.1) is 11.3 Å². The minimum atomic E-state index is -0.118. The Morgan fingerprint density at radius 1 is 1.19 bits per heavy atom. The molecule has 0 saturated carbocycles. The molecular formula is C20H17N3O2S. The van der Waals surface area contributed by atoms with Gasteiger partial charge in [-0.25, -0.2) is 4.98 Å². The molecule has 0 unspecified atom stereocenters. The fourth-order valence-corrected chi connectivity index (χ4v) is 3.55. The van der Waals surface area contributed by atoms with Crippen LogP contribution in [0, 0.1) is 13.8 Å². The van der Waals surface area contributed by atoms with Crippen LogP contribution in [-0.4, -0.2) is 15.9 Å². The molecule has 3 aromatic heterocycles. The van der Waals surface area contributed by atoms with Crippen LogP contribution >= 0.6 is 11.3 Å². The molecule has 1 amide bonds. The molecule has 5 nitrogen and oxygen atoms in total. The van der Waals surface area contributed by atoms with Crippen molar-refractivity contribution in [2.45, 2.75) is 20.3 Å². The third kappa shape index (κ3) is 3.11. The predicted octanol–water partition coefficient (Wildman–Crippen LogP) is 4.75. The second kappa shape index (κ2) is 6.72. The third-order valence-corrected chi connectivity index (χ3v) is 5.13. The van der Waals surface area contributed by atoms with E-state index in [0.717, 1.165) is 33.5 Å². The Labute approximate surface area is 154 Å². The molecule has 4 rings (SSSR count). The van der Waals surface area contributed by atoms with Crippen LogP contribution in [0.25, 0.3) is 22.4 Å². The van der Waals surface area contributed by atoms with Crippen LogP contribution in [0.5, 0.6) is 0 Å². The maximum atomic E-state index is 12.4. The van der Waals surface area contributed by atoms with Crippen molar-refractivity contribution in [3.05, 3.63) is 64.9 Å². The second-order valence-corrected chi connectivity index (χ2v) is 6.98. The molecule has 0 radical (unpaired) electrons. The molecule has 0 atom stereocenters. The maximum Gasteiger partial charge on any atom is 0.230 e. The Hall–Kier alpha value is -2.99. The Balaban J connectivity index is 1.50. The first-order valence-electron chi connectivity index (χ1n) is 8.25. The Morgan fingerprint density at radius 2 is 2.08 bits per heavy atom. The van der Waals surface area contributed by atoms with Gasteiger partial charge in [-0.2, -0.15) is 0 Å². The smallest absolute Gasteiger partial charge is 0.230 e. The van der Waals surface area contributed by atoms with E-state index in [9.17, 15) is 4.79 Å². The molecule has 0 fully saturated rings. The van der Waals surface area contributed by atoms with E-state index in [-0.39, 0.29) is 12.3 Å². The fraction of sp³-hybridized carbons (Fsp3) is 0.150. The topological polar surface area (TPSA) is 68.0 Å². The van der Waals surface area contributed by atoms with Crippen molar-refractivity contribution in [2.24, 2.45) is 0 Å². The van der Waals surface area contributed by atoms with Gasteiger partial charge in [0.15, 0.2) is 5.13 Å². The zero-order valence-corrected chi connectivity index (χ0v) is 15.3. The summed E-state index contributed by atoms with van der Waals surface area (Å²) in [5.74, 6) is -0.118. The largest absolute Gasteiger partial charge is 0.464 e. The van der Waals surface area contributed by atoms with Gasteiger partial charge in [-0.1, -0.05) is 18.2 Å². The number of fused-ring (bicyclic) bond motifs is 1. The van der Waals surface area contributed by atoms with Crippen molar-refractivity contribution in [3.8, 4) is 11.4 Å². The number of thiazole rings is 1. The molecule has 0 bridgehead atoms. The molecule has 0 saturated heterocycles. The van der Waals surface area contributed by atoms with Crippen molar-refractivity contribution in [1.82, 2.24) is 9.97 Å². The highest BCUT2D eigenvalue weighted by molar-refractivity contribution is 7.14.